The summed E-state index contributed by atoms with van der Waals surface area (Å²) in [6.07, 6.45) is 1.64. The van der Waals surface area contributed by atoms with Crippen LogP contribution in [0.15, 0.2) is 66.7 Å². The van der Waals surface area contributed by atoms with Crippen molar-refractivity contribution in [1.29, 1.82) is 0 Å². The second-order valence-electron chi connectivity index (χ2n) is 9.13. The van der Waals surface area contributed by atoms with Crippen molar-refractivity contribution < 1.29 is 26.8 Å². The van der Waals surface area contributed by atoms with Crippen LogP contribution in [0.3, 0.4) is 0 Å². The zero-order chi connectivity index (χ0) is 29.4. The summed E-state index contributed by atoms with van der Waals surface area (Å²) >= 11 is 12.3. The number of carbonyl (C=O) groups excluding carboxylic acids is 2. The fourth-order valence-corrected chi connectivity index (χ4v) is 5.17. The maximum atomic E-state index is 14.0. The van der Waals surface area contributed by atoms with Crippen LogP contribution in [0.25, 0.3) is 0 Å². The van der Waals surface area contributed by atoms with Gasteiger partial charge in [-0.15, -0.1) is 0 Å². The first-order chi connectivity index (χ1) is 18.9. The fraction of sp³-hybridized carbons (Fsp3) is 0.286. The van der Waals surface area contributed by atoms with Crippen molar-refractivity contribution in [3.05, 3.63) is 99.5 Å². The van der Waals surface area contributed by atoms with Gasteiger partial charge in [-0.05, 0) is 41.8 Å². The molecular weight excluding hydrogens is 583 g/mol. The molecule has 0 aliphatic carbocycles. The molecule has 0 saturated carbocycles. The fourth-order valence-electron chi connectivity index (χ4n) is 4.01. The second-order valence-corrected chi connectivity index (χ2v) is 11.9. The van der Waals surface area contributed by atoms with E-state index in [1.54, 1.807) is 30.3 Å². The monoisotopic (exact) mass is 611 g/mol. The van der Waals surface area contributed by atoms with Crippen molar-refractivity contribution in [2.24, 2.45) is 0 Å². The zero-order valence-corrected chi connectivity index (χ0v) is 24.2. The van der Waals surface area contributed by atoms with Gasteiger partial charge in [0.05, 0.1) is 22.0 Å². The molecule has 3 rings (SSSR count). The largest absolute Gasteiger partial charge is 0.354 e. The van der Waals surface area contributed by atoms with Crippen molar-refractivity contribution >= 4 is 50.7 Å². The molecular formula is C28H29Cl2F2N3O4S. The number of anilines is 1. The van der Waals surface area contributed by atoms with Gasteiger partial charge in [0.15, 0.2) is 11.6 Å². The van der Waals surface area contributed by atoms with Crippen molar-refractivity contribution in [3.63, 3.8) is 0 Å². The molecule has 0 saturated heterocycles. The van der Waals surface area contributed by atoms with Crippen molar-refractivity contribution in [2.45, 2.75) is 32.4 Å². The van der Waals surface area contributed by atoms with E-state index in [2.05, 4.69) is 5.32 Å². The first kappa shape index (κ1) is 31.3. The molecule has 1 N–H and O–H groups in total. The van der Waals surface area contributed by atoms with Crippen LogP contribution in [0.4, 0.5) is 14.5 Å². The first-order valence-electron chi connectivity index (χ1n) is 12.4. The summed E-state index contributed by atoms with van der Waals surface area (Å²) in [5.74, 6) is -3.61. The molecule has 0 aliphatic rings. The van der Waals surface area contributed by atoms with Gasteiger partial charge in [-0.2, -0.15) is 0 Å². The summed E-state index contributed by atoms with van der Waals surface area (Å²) in [6.45, 7) is 1.37. The molecule has 3 aromatic carbocycles. The Kier molecular flexibility index (Phi) is 10.9. The summed E-state index contributed by atoms with van der Waals surface area (Å²) in [6, 6.07) is 15.3. The van der Waals surface area contributed by atoms with Gasteiger partial charge in [0.25, 0.3) is 0 Å². The molecule has 2 amide bonds. The van der Waals surface area contributed by atoms with Crippen LogP contribution in [-0.2, 0) is 32.6 Å². The summed E-state index contributed by atoms with van der Waals surface area (Å²) in [5.41, 5.74) is 1.08. The number of hydrogen-bond donors (Lipinski definition) is 1. The molecule has 0 unspecified atom stereocenters. The highest BCUT2D eigenvalue weighted by Gasteiger charge is 2.33. The highest BCUT2D eigenvalue weighted by molar-refractivity contribution is 7.92. The summed E-state index contributed by atoms with van der Waals surface area (Å²) < 4.78 is 53.6. The highest BCUT2D eigenvalue weighted by atomic mass is 35.5. The number of benzene rings is 3. The van der Waals surface area contributed by atoms with Gasteiger partial charge in [-0.1, -0.05) is 66.5 Å². The van der Waals surface area contributed by atoms with E-state index < -0.39 is 46.1 Å². The van der Waals surface area contributed by atoms with Crippen LogP contribution in [0, 0.1) is 11.6 Å². The lowest BCUT2D eigenvalue weighted by molar-refractivity contribution is -0.140. The van der Waals surface area contributed by atoms with Gasteiger partial charge < -0.3 is 10.2 Å². The Labute approximate surface area is 242 Å². The minimum atomic E-state index is -4.12. The maximum Gasteiger partial charge on any atom is 0.244 e. The van der Waals surface area contributed by atoms with E-state index in [4.69, 9.17) is 23.2 Å². The lowest BCUT2D eigenvalue weighted by Crippen LogP contribution is -2.53. The molecule has 0 aromatic heterocycles. The van der Waals surface area contributed by atoms with E-state index in [0.29, 0.717) is 33.9 Å². The molecule has 3 aromatic rings. The summed E-state index contributed by atoms with van der Waals surface area (Å²) in [7, 11) is -4.12. The Balaban J connectivity index is 2.07. The molecule has 0 aliphatic heterocycles. The van der Waals surface area contributed by atoms with Crippen LogP contribution in [0.1, 0.15) is 24.5 Å². The van der Waals surface area contributed by atoms with Crippen LogP contribution in [0.5, 0.6) is 0 Å². The minimum Gasteiger partial charge on any atom is -0.354 e. The van der Waals surface area contributed by atoms with Gasteiger partial charge in [0, 0.05) is 25.6 Å². The summed E-state index contributed by atoms with van der Waals surface area (Å²) in [4.78, 5) is 28.6. The number of carbonyl (C=O) groups is 2. The Morgan fingerprint density at radius 2 is 1.62 bits per heavy atom. The standard InChI is InChI=1S/C28H29Cl2F2N3O4S/c1-3-13-33-28(37)26(15-19-7-5-4-6-8-19)34(17-20-9-11-22(29)23(30)14-20)27(36)18-35(40(2,38)39)21-10-12-24(31)25(32)16-21/h4-12,14,16,26H,3,13,15,17-18H2,1-2H3,(H,33,37)/t26-/m1/s1. The van der Waals surface area contributed by atoms with E-state index in [1.807, 2.05) is 25.1 Å². The number of nitrogens with zero attached hydrogens (tertiary/aromatic N) is 2. The zero-order valence-electron chi connectivity index (χ0n) is 21.9. The van der Waals surface area contributed by atoms with Crippen molar-refractivity contribution in [3.8, 4) is 0 Å². The van der Waals surface area contributed by atoms with Gasteiger partial charge in [-0.3, -0.25) is 13.9 Å². The van der Waals surface area contributed by atoms with Crippen LogP contribution in [-0.4, -0.2) is 50.5 Å². The van der Waals surface area contributed by atoms with E-state index in [1.165, 1.54) is 4.90 Å². The molecule has 12 heteroatoms. The summed E-state index contributed by atoms with van der Waals surface area (Å²) in [5, 5.41) is 3.35. The molecule has 0 spiro atoms. The van der Waals surface area contributed by atoms with E-state index in [0.717, 1.165) is 24.0 Å². The number of halogens is 4. The van der Waals surface area contributed by atoms with Crippen molar-refractivity contribution in [1.82, 2.24) is 10.2 Å². The van der Waals surface area contributed by atoms with E-state index in [9.17, 15) is 26.8 Å². The third-order valence-corrected chi connectivity index (χ3v) is 7.91. The van der Waals surface area contributed by atoms with E-state index in [-0.39, 0.29) is 23.7 Å². The predicted octanol–water partition coefficient (Wildman–Crippen LogP) is 5.20. The molecule has 214 valence electrons. The molecule has 0 radical (unpaired) electrons. The number of hydrogen-bond acceptors (Lipinski definition) is 4. The predicted molar refractivity (Wildman–Crippen MR) is 153 cm³/mol. The van der Waals surface area contributed by atoms with Gasteiger partial charge in [-0.25, -0.2) is 17.2 Å². The number of rotatable bonds is 12. The van der Waals surface area contributed by atoms with Crippen LogP contribution >= 0.6 is 23.2 Å². The van der Waals surface area contributed by atoms with E-state index >= 15 is 0 Å². The molecule has 0 fully saturated rings. The maximum absolute atomic E-state index is 14.0. The van der Waals surface area contributed by atoms with Crippen LogP contribution < -0.4 is 9.62 Å². The number of amides is 2. The smallest absolute Gasteiger partial charge is 0.244 e. The van der Waals surface area contributed by atoms with Gasteiger partial charge in [0.2, 0.25) is 21.8 Å². The average molecular weight is 613 g/mol. The van der Waals surface area contributed by atoms with Crippen molar-refractivity contribution in [2.75, 3.05) is 23.7 Å². The minimum absolute atomic E-state index is 0.109. The van der Waals surface area contributed by atoms with Gasteiger partial charge in [0.1, 0.15) is 12.6 Å². The Hall–Kier alpha value is -3.21. The Morgan fingerprint density at radius 1 is 0.925 bits per heavy atom. The third kappa shape index (κ3) is 8.39. The topological polar surface area (TPSA) is 86.8 Å². The van der Waals surface area contributed by atoms with Crippen LogP contribution in [0.2, 0.25) is 10.0 Å². The third-order valence-electron chi connectivity index (χ3n) is 6.03. The number of sulfonamides is 1. The Morgan fingerprint density at radius 3 is 2.23 bits per heavy atom. The Bertz CT molecular complexity index is 1460. The van der Waals surface area contributed by atoms with Gasteiger partial charge >= 0.3 is 0 Å². The SMILES string of the molecule is CCCNC(=O)[C@@H](Cc1ccccc1)N(Cc1ccc(Cl)c(Cl)c1)C(=O)CN(c1ccc(F)c(F)c1)S(C)(=O)=O. The second kappa shape index (κ2) is 13.9. The molecule has 0 heterocycles. The lowest BCUT2D eigenvalue weighted by atomic mass is 10.0. The lowest BCUT2D eigenvalue weighted by Gasteiger charge is -2.33. The molecule has 7 nitrogen and oxygen atoms in total. The molecule has 1 atom stereocenters. The molecule has 40 heavy (non-hydrogen) atoms. The first-order valence-corrected chi connectivity index (χ1v) is 15.0. The normalized spacial score (nSPS) is 12.1. The highest BCUT2D eigenvalue weighted by Crippen LogP contribution is 2.25. The number of nitrogens with one attached hydrogen (secondary N) is 1. The average Bonchev–Trinajstić information content (AvgIpc) is 2.91. The molecule has 0 bridgehead atoms. The quantitative estimate of drug-likeness (QED) is 0.305.